The number of anilines is 1. The molecule has 2 saturated heterocycles. The first-order valence-electron chi connectivity index (χ1n) is 9.56. The summed E-state index contributed by atoms with van der Waals surface area (Å²) in [6, 6.07) is 11.9. The minimum atomic E-state index is -0.0648. The topological polar surface area (TPSA) is 85.2 Å². The summed E-state index contributed by atoms with van der Waals surface area (Å²) < 4.78 is 0. The molecular weight excluding hydrogens is 372 g/mol. The van der Waals surface area contributed by atoms with Gasteiger partial charge in [0.05, 0.1) is 22.2 Å². The van der Waals surface area contributed by atoms with Crippen LogP contribution in [0.15, 0.2) is 30.3 Å². The quantitative estimate of drug-likeness (QED) is 0.762. The Morgan fingerprint density at radius 3 is 2.93 bits per heavy atom. The number of amides is 1. The lowest BCUT2D eigenvalue weighted by molar-refractivity contribution is -0.123. The standard InChI is InChI=1S/C21H22N4O2S/c22-11-15-10-14(20-6-4-17(13-26)28-20)3-5-19(15)25-9-7-16(12-25)24-21(27)18-2-1-8-23-18/h3-6,10,13,16,18,23H,1-2,7-9,12H2,(H,24,27)/t16-,18-/m0/s1. The predicted octanol–water partition coefficient (Wildman–Crippen LogP) is 2.55. The monoisotopic (exact) mass is 394 g/mol. The average molecular weight is 395 g/mol. The third-order valence-electron chi connectivity index (χ3n) is 5.40. The number of benzene rings is 1. The van der Waals surface area contributed by atoms with Crippen LogP contribution in [0.4, 0.5) is 5.69 Å². The van der Waals surface area contributed by atoms with Crippen LogP contribution in [0.2, 0.25) is 0 Å². The molecule has 2 atom stereocenters. The highest BCUT2D eigenvalue weighted by Gasteiger charge is 2.29. The van der Waals surface area contributed by atoms with Gasteiger partial charge in [-0.05, 0) is 55.6 Å². The summed E-state index contributed by atoms with van der Waals surface area (Å²) in [5.74, 6) is 0.0869. The highest BCUT2D eigenvalue weighted by molar-refractivity contribution is 7.17. The zero-order valence-corrected chi connectivity index (χ0v) is 16.3. The van der Waals surface area contributed by atoms with Gasteiger partial charge in [-0.2, -0.15) is 5.26 Å². The fourth-order valence-electron chi connectivity index (χ4n) is 3.93. The number of carbonyl (C=O) groups is 2. The molecule has 0 saturated carbocycles. The molecule has 2 fully saturated rings. The Morgan fingerprint density at radius 1 is 1.32 bits per heavy atom. The van der Waals surface area contributed by atoms with E-state index < -0.39 is 0 Å². The third-order valence-corrected chi connectivity index (χ3v) is 6.46. The molecule has 4 rings (SSSR count). The minimum absolute atomic E-state index is 0.0648. The number of aldehydes is 1. The van der Waals surface area contributed by atoms with Gasteiger partial charge in [-0.25, -0.2) is 0 Å². The first-order valence-corrected chi connectivity index (χ1v) is 10.4. The normalized spacial score (nSPS) is 21.5. The molecule has 7 heteroatoms. The molecule has 0 aliphatic carbocycles. The van der Waals surface area contributed by atoms with Gasteiger partial charge in [0.2, 0.25) is 5.91 Å². The van der Waals surface area contributed by atoms with Gasteiger partial charge in [0.25, 0.3) is 0 Å². The van der Waals surface area contributed by atoms with E-state index in [1.165, 1.54) is 11.3 Å². The van der Waals surface area contributed by atoms with Crippen molar-refractivity contribution >= 4 is 29.2 Å². The van der Waals surface area contributed by atoms with Gasteiger partial charge in [0, 0.05) is 24.0 Å². The van der Waals surface area contributed by atoms with Crippen LogP contribution < -0.4 is 15.5 Å². The minimum Gasteiger partial charge on any atom is -0.368 e. The number of nitrogens with one attached hydrogen (secondary N) is 2. The van der Waals surface area contributed by atoms with Crippen LogP contribution >= 0.6 is 11.3 Å². The van der Waals surface area contributed by atoms with Gasteiger partial charge in [-0.1, -0.05) is 6.07 Å². The second-order valence-corrected chi connectivity index (χ2v) is 8.37. The van der Waals surface area contributed by atoms with Gasteiger partial charge in [0.15, 0.2) is 6.29 Å². The molecule has 2 aromatic rings. The van der Waals surface area contributed by atoms with Crippen molar-refractivity contribution in [1.29, 1.82) is 5.26 Å². The molecule has 0 unspecified atom stereocenters. The van der Waals surface area contributed by atoms with E-state index in [1.807, 2.05) is 24.3 Å². The fraction of sp³-hybridized carbons (Fsp3) is 0.381. The number of nitriles is 1. The Hall–Kier alpha value is -2.69. The second kappa shape index (κ2) is 8.13. The highest BCUT2D eigenvalue weighted by atomic mass is 32.1. The molecule has 0 bridgehead atoms. The first-order chi connectivity index (χ1) is 13.7. The number of hydrogen-bond donors (Lipinski definition) is 2. The molecule has 0 radical (unpaired) electrons. The van der Waals surface area contributed by atoms with Gasteiger partial charge in [-0.15, -0.1) is 11.3 Å². The maximum Gasteiger partial charge on any atom is 0.237 e. The summed E-state index contributed by atoms with van der Waals surface area (Å²) in [7, 11) is 0. The number of hydrogen-bond acceptors (Lipinski definition) is 6. The SMILES string of the molecule is N#Cc1cc(-c2ccc(C=O)s2)ccc1N1CC[C@H](NC(=O)[C@@H]2CCCN2)C1. The van der Waals surface area contributed by atoms with E-state index in [9.17, 15) is 14.9 Å². The number of nitrogens with zero attached hydrogens (tertiary/aromatic N) is 2. The molecule has 1 aromatic heterocycles. The number of carbonyl (C=O) groups excluding carboxylic acids is 2. The van der Waals surface area contributed by atoms with E-state index in [0.717, 1.165) is 54.8 Å². The lowest BCUT2D eigenvalue weighted by Gasteiger charge is -2.21. The predicted molar refractivity (Wildman–Crippen MR) is 110 cm³/mol. The zero-order chi connectivity index (χ0) is 19.5. The molecule has 3 heterocycles. The molecular formula is C21H22N4O2S. The van der Waals surface area contributed by atoms with Crippen molar-refractivity contribution in [2.75, 3.05) is 24.5 Å². The smallest absolute Gasteiger partial charge is 0.237 e. The summed E-state index contributed by atoms with van der Waals surface area (Å²) >= 11 is 1.42. The van der Waals surface area contributed by atoms with E-state index >= 15 is 0 Å². The summed E-state index contributed by atoms with van der Waals surface area (Å²) in [5.41, 5.74) is 2.45. The van der Waals surface area contributed by atoms with E-state index in [1.54, 1.807) is 6.07 Å². The largest absolute Gasteiger partial charge is 0.368 e. The lowest BCUT2D eigenvalue weighted by Crippen LogP contribution is -2.46. The van der Waals surface area contributed by atoms with Crippen LogP contribution in [-0.4, -0.2) is 43.9 Å². The number of rotatable bonds is 5. The van der Waals surface area contributed by atoms with Crippen molar-refractivity contribution in [3.05, 3.63) is 40.8 Å². The highest BCUT2D eigenvalue weighted by Crippen LogP contribution is 2.32. The van der Waals surface area contributed by atoms with Crippen LogP contribution in [0.1, 0.15) is 34.5 Å². The van der Waals surface area contributed by atoms with Crippen molar-refractivity contribution < 1.29 is 9.59 Å². The summed E-state index contributed by atoms with van der Waals surface area (Å²) in [4.78, 5) is 27.1. The van der Waals surface area contributed by atoms with Gasteiger partial charge in [-0.3, -0.25) is 9.59 Å². The number of thiophene rings is 1. The summed E-state index contributed by atoms with van der Waals surface area (Å²) in [5, 5.41) is 16.0. The fourth-order valence-corrected chi connectivity index (χ4v) is 4.75. The van der Waals surface area contributed by atoms with Gasteiger partial charge < -0.3 is 15.5 Å². The van der Waals surface area contributed by atoms with Crippen LogP contribution in [0, 0.1) is 11.3 Å². The Balaban J connectivity index is 1.46. The molecule has 1 amide bonds. The molecule has 28 heavy (non-hydrogen) atoms. The maximum atomic E-state index is 12.3. The van der Waals surface area contributed by atoms with Crippen LogP contribution in [0.3, 0.4) is 0 Å². The van der Waals surface area contributed by atoms with E-state index in [0.29, 0.717) is 17.0 Å². The summed E-state index contributed by atoms with van der Waals surface area (Å²) in [6.45, 7) is 2.43. The van der Waals surface area contributed by atoms with Crippen molar-refractivity contribution in [1.82, 2.24) is 10.6 Å². The molecule has 1 aromatic carbocycles. The first kappa shape index (κ1) is 18.7. The van der Waals surface area contributed by atoms with Crippen LogP contribution in [0.25, 0.3) is 10.4 Å². The maximum absolute atomic E-state index is 12.3. The van der Waals surface area contributed by atoms with Crippen LogP contribution in [0.5, 0.6) is 0 Å². The van der Waals surface area contributed by atoms with Gasteiger partial charge in [0.1, 0.15) is 6.07 Å². The molecule has 0 spiro atoms. The van der Waals surface area contributed by atoms with Crippen molar-refractivity contribution in [3.8, 4) is 16.5 Å². The Bertz CT molecular complexity index is 927. The van der Waals surface area contributed by atoms with E-state index in [-0.39, 0.29) is 18.0 Å². The van der Waals surface area contributed by atoms with E-state index in [2.05, 4.69) is 21.6 Å². The van der Waals surface area contributed by atoms with E-state index in [4.69, 9.17) is 0 Å². The Labute approximate surface area is 168 Å². The van der Waals surface area contributed by atoms with Crippen molar-refractivity contribution in [3.63, 3.8) is 0 Å². The van der Waals surface area contributed by atoms with Crippen molar-refractivity contribution in [2.45, 2.75) is 31.3 Å². The average Bonchev–Trinajstić information content (AvgIpc) is 3.48. The molecule has 2 aliphatic rings. The molecule has 144 valence electrons. The Kier molecular flexibility index (Phi) is 5.42. The molecule has 2 aliphatic heterocycles. The Morgan fingerprint density at radius 2 is 2.21 bits per heavy atom. The second-order valence-electron chi connectivity index (χ2n) is 7.25. The van der Waals surface area contributed by atoms with Crippen molar-refractivity contribution in [2.24, 2.45) is 0 Å². The van der Waals surface area contributed by atoms with Gasteiger partial charge >= 0.3 is 0 Å². The van der Waals surface area contributed by atoms with Crippen LogP contribution in [-0.2, 0) is 4.79 Å². The molecule has 6 nitrogen and oxygen atoms in total. The third kappa shape index (κ3) is 3.79. The summed E-state index contributed by atoms with van der Waals surface area (Å²) in [6.07, 6.45) is 3.66. The lowest BCUT2D eigenvalue weighted by atomic mass is 10.1. The molecule has 2 N–H and O–H groups in total. The zero-order valence-electron chi connectivity index (χ0n) is 15.5.